The number of anilines is 1. The maximum Gasteiger partial charge on any atom is 0.227 e. The molecule has 104 valence electrons. The molecule has 0 aromatic carbocycles. The molecule has 0 aliphatic rings. The molecule has 0 unspecified atom stereocenters. The van der Waals surface area contributed by atoms with Gasteiger partial charge in [0.1, 0.15) is 5.82 Å². The Morgan fingerprint density at radius 2 is 2.00 bits per heavy atom. The van der Waals surface area contributed by atoms with Crippen LogP contribution in [0.3, 0.4) is 0 Å². The lowest BCUT2D eigenvalue weighted by Gasteiger charge is -2.16. The van der Waals surface area contributed by atoms with Crippen molar-refractivity contribution in [2.24, 2.45) is 0 Å². The van der Waals surface area contributed by atoms with Gasteiger partial charge in [0.2, 0.25) is 5.91 Å². The largest absolute Gasteiger partial charge is 0.300 e. The average Bonchev–Trinajstić information content (AvgIpc) is 2.47. The highest BCUT2D eigenvalue weighted by molar-refractivity contribution is 9.10. The molecular weight excluding hydrogens is 318 g/mol. The zero-order chi connectivity index (χ0) is 14.4. The van der Waals surface area contributed by atoms with Crippen LogP contribution in [0.1, 0.15) is 18.4 Å². The summed E-state index contributed by atoms with van der Waals surface area (Å²) in [5.41, 5.74) is 1.20. The number of halogens is 1. The highest BCUT2D eigenvalue weighted by Crippen LogP contribution is 2.17. The zero-order valence-electron chi connectivity index (χ0n) is 11.3. The van der Waals surface area contributed by atoms with Crippen LogP contribution in [-0.2, 0) is 11.2 Å². The molecule has 0 aliphatic carbocycles. The number of aryl methyl sites for hydroxylation is 1. The van der Waals surface area contributed by atoms with Gasteiger partial charge in [-0.15, -0.1) is 0 Å². The second-order valence-corrected chi connectivity index (χ2v) is 5.41. The van der Waals surface area contributed by atoms with E-state index in [1.807, 2.05) is 24.3 Å². The number of hydrogen-bond donors (Lipinski definition) is 0. The van der Waals surface area contributed by atoms with Gasteiger partial charge in [-0.1, -0.05) is 15.9 Å². The van der Waals surface area contributed by atoms with Crippen molar-refractivity contribution in [1.29, 1.82) is 0 Å². The van der Waals surface area contributed by atoms with Crippen LogP contribution >= 0.6 is 15.9 Å². The first-order valence-electron chi connectivity index (χ1n) is 6.44. The van der Waals surface area contributed by atoms with Crippen molar-refractivity contribution in [3.63, 3.8) is 0 Å². The first kappa shape index (κ1) is 14.7. The van der Waals surface area contributed by atoms with Gasteiger partial charge in [0, 0.05) is 36.5 Å². The number of carbonyl (C=O) groups excluding carboxylic acids is 1. The highest BCUT2D eigenvalue weighted by atomic mass is 79.9. The van der Waals surface area contributed by atoms with Crippen molar-refractivity contribution < 1.29 is 4.79 Å². The summed E-state index contributed by atoms with van der Waals surface area (Å²) < 4.78 is 0.916. The molecule has 0 bridgehead atoms. The minimum Gasteiger partial charge on any atom is -0.300 e. The van der Waals surface area contributed by atoms with Crippen LogP contribution in [0, 0.1) is 0 Å². The molecule has 1 amide bonds. The Balaban J connectivity index is 1.85. The Hall–Kier alpha value is -1.75. The topological polar surface area (TPSA) is 46.1 Å². The van der Waals surface area contributed by atoms with Crippen LogP contribution < -0.4 is 4.90 Å². The summed E-state index contributed by atoms with van der Waals surface area (Å²) in [5, 5.41) is 0. The summed E-state index contributed by atoms with van der Waals surface area (Å²) in [6.45, 7) is 0. The third-order valence-electron chi connectivity index (χ3n) is 3.03. The molecule has 20 heavy (non-hydrogen) atoms. The molecule has 5 heteroatoms. The summed E-state index contributed by atoms with van der Waals surface area (Å²) in [6.07, 6.45) is 7.44. The summed E-state index contributed by atoms with van der Waals surface area (Å²) in [5.74, 6) is 0.734. The Labute approximate surface area is 127 Å². The number of rotatable bonds is 5. The summed E-state index contributed by atoms with van der Waals surface area (Å²) in [4.78, 5) is 21.9. The number of pyridine rings is 2. The molecule has 0 fully saturated rings. The van der Waals surface area contributed by atoms with Crippen LogP contribution in [0.25, 0.3) is 0 Å². The van der Waals surface area contributed by atoms with Crippen molar-refractivity contribution in [3.05, 3.63) is 52.9 Å². The van der Waals surface area contributed by atoms with E-state index in [0.29, 0.717) is 12.2 Å². The minimum atomic E-state index is 0.0738. The second kappa shape index (κ2) is 7.14. The molecule has 2 heterocycles. The third-order valence-corrected chi connectivity index (χ3v) is 3.52. The van der Waals surface area contributed by atoms with Crippen LogP contribution in [0.4, 0.5) is 5.82 Å². The fraction of sp³-hybridized carbons (Fsp3) is 0.267. The van der Waals surface area contributed by atoms with Gasteiger partial charge in [0.05, 0.1) is 0 Å². The van der Waals surface area contributed by atoms with E-state index in [2.05, 4.69) is 25.9 Å². The predicted octanol–water partition coefficient (Wildman–Crippen LogP) is 3.22. The monoisotopic (exact) mass is 333 g/mol. The summed E-state index contributed by atoms with van der Waals surface area (Å²) in [7, 11) is 1.75. The molecule has 0 spiro atoms. The molecule has 2 aromatic rings. The van der Waals surface area contributed by atoms with Crippen LogP contribution in [0.2, 0.25) is 0 Å². The van der Waals surface area contributed by atoms with Crippen molar-refractivity contribution in [1.82, 2.24) is 9.97 Å². The quantitative estimate of drug-likeness (QED) is 0.843. The van der Waals surface area contributed by atoms with E-state index >= 15 is 0 Å². The zero-order valence-corrected chi connectivity index (χ0v) is 12.9. The Morgan fingerprint density at radius 1 is 1.25 bits per heavy atom. The van der Waals surface area contributed by atoms with Gasteiger partial charge in [0.25, 0.3) is 0 Å². The number of hydrogen-bond acceptors (Lipinski definition) is 3. The first-order valence-corrected chi connectivity index (χ1v) is 7.23. The summed E-state index contributed by atoms with van der Waals surface area (Å²) in [6, 6.07) is 7.63. The molecule has 0 saturated carbocycles. The molecule has 0 saturated heterocycles. The lowest BCUT2D eigenvalue weighted by Crippen LogP contribution is -2.26. The lowest BCUT2D eigenvalue weighted by molar-refractivity contribution is -0.118. The fourth-order valence-electron chi connectivity index (χ4n) is 1.87. The van der Waals surface area contributed by atoms with Crippen molar-refractivity contribution in [2.75, 3.05) is 11.9 Å². The smallest absolute Gasteiger partial charge is 0.227 e. The first-order chi connectivity index (χ1) is 9.66. The molecule has 4 nitrogen and oxygen atoms in total. The number of nitrogens with zero attached hydrogens (tertiary/aromatic N) is 3. The van der Waals surface area contributed by atoms with Crippen LogP contribution in [0.5, 0.6) is 0 Å². The van der Waals surface area contributed by atoms with Gasteiger partial charge in [-0.2, -0.15) is 0 Å². The highest BCUT2D eigenvalue weighted by Gasteiger charge is 2.11. The maximum atomic E-state index is 12.1. The Morgan fingerprint density at radius 3 is 2.70 bits per heavy atom. The third kappa shape index (κ3) is 4.13. The van der Waals surface area contributed by atoms with Gasteiger partial charge in [0.15, 0.2) is 0 Å². The van der Waals surface area contributed by atoms with E-state index in [-0.39, 0.29) is 5.91 Å². The predicted molar refractivity (Wildman–Crippen MR) is 82.5 cm³/mol. The van der Waals surface area contributed by atoms with E-state index in [0.717, 1.165) is 17.3 Å². The van der Waals surface area contributed by atoms with E-state index < -0.39 is 0 Å². The average molecular weight is 334 g/mol. The molecular formula is C15H16BrN3O. The Kier molecular flexibility index (Phi) is 5.24. The van der Waals surface area contributed by atoms with E-state index in [9.17, 15) is 4.79 Å². The maximum absolute atomic E-state index is 12.1. The number of aromatic nitrogens is 2. The SMILES string of the molecule is CN(C(=O)CCCc1ccncc1)c1cc(Br)ccn1. The fourth-order valence-corrected chi connectivity index (χ4v) is 2.19. The van der Waals surface area contributed by atoms with Crippen molar-refractivity contribution >= 4 is 27.7 Å². The summed E-state index contributed by atoms with van der Waals surface area (Å²) >= 11 is 3.38. The molecule has 0 atom stereocenters. The van der Waals surface area contributed by atoms with E-state index in [4.69, 9.17) is 0 Å². The molecule has 0 radical (unpaired) electrons. The van der Waals surface area contributed by atoms with Crippen LogP contribution in [-0.4, -0.2) is 22.9 Å². The second-order valence-electron chi connectivity index (χ2n) is 4.49. The molecule has 0 aliphatic heterocycles. The number of carbonyl (C=O) groups is 1. The van der Waals surface area contributed by atoms with Gasteiger partial charge in [-0.05, 0) is 42.7 Å². The standard InChI is InChI=1S/C15H16BrN3O/c1-19(14-11-13(16)7-10-18-14)15(20)4-2-3-12-5-8-17-9-6-12/h5-11H,2-4H2,1H3. The molecule has 2 aromatic heterocycles. The van der Waals surface area contributed by atoms with Gasteiger partial charge in [-0.25, -0.2) is 4.98 Å². The number of amides is 1. The lowest BCUT2D eigenvalue weighted by atomic mass is 10.1. The van der Waals surface area contributed by atoms with Gasteiger partial charge < -0.3 is 0 Å². The van der Waals surface area contributed by atoms with Gasteiger partial charge >= 0.3 is 0 Å². The van der Waals surface area contributed by atoms with Crippen LogP contribution in [0.15, 0.2) is 47.3 Å². The Bertz CT molecular complexity index is 574. The minimum absolute atomic E-state index is 0.0738. The van der Waals surface area contributed by atoms with Gasteiger partial charge in [-0.3, -0.25) is 14.7 Å². The molecule has 0 N–H and O–H groups in total. The molecule has 2 rings (SSSR count). The normalized spacial score (nSPS) is 10.3. The van der Waals surface area contributed by atoms with E-state index in [1.54, 1.807) is 30.5 Å². The van der Waals surface area contributed by atoms with Crippen molar-refractivity contribution in [2.45, 2.75) is 19.3 Å². The van der Waals surface area contributed by atoms with E-state index in [1.165, 1.54) is 5.56 Å². The van der Waals surface area contributed by atoms with Crippen molar-refractivity contribution in [3.8, 4) is 0 Å².